The number of carbonyl (C=O) groups is 4. The lowest BCUT2D eigenvalue weighted by molar-refractivity contribution is -0.217. The standard InChI is InChI=1S/C38H47O15P/c1-19-16-22(39)48-25-21(19)17-20(18-47-54(44,45-10)46-11)24-23(25)26(49-30(42)37-14-12-35(8,28(40)52-37)33(37,4)5)27(32(2,3)51-24)50-31(43)38-15-13-36(9,29(41)53-38)34(38,6)7/h16-17,26-27H,12-15,18H2,1-11H3/t26-,27-,35?,36?,37?,38?/m1/s1. The van der Waals surface area contributed by atoms with Crippen molar-refractivity contribution in [1.82, 2.24) is 0 Å². The Labute approximate surface area is 312 Å². The fourth-order valence-electron chi connectivity index (χ4n) is 9.32. The van der Waals surface area contributed by atoms with Gasteiger partial charge in [-0.1, -0.05) is 27.7 Å². The molecule has 0 N–H and O–H groups in total. The van der Waals surface area contributed by atoms with Gasteiger partial charge in [-0.15, -0.1) is 0 Å². The second kappa shape index (κ2) is 11.6. The summed E-state index contributed by atoms with van der Waals surface area (Å²) in [6.07, 6.45) is -1.92. The van der Waals surface area contributed by atoms with Crippen LogP contribution in [0.3, 0.4) is 0 Å². The Morgan fingerprint density at radius 3 is 1.76 bits per heavy atom. The molecule has 5 aliphatic rings. The summed E-state index contributed by atoms with van der Waals surface area (Å²) in [6.45, 7) is 15.1. The maximum Gasteiger partial charge on any atom is 0.474 e. The summed E-state index contributed by atoms with van der Waals surface area (Å²) < 4.78 is 65.6. The normalized spacial score (nSPS) is 33.9. The van der Waals surface area contributed by atoms with Crippen LogP contribution in [0.15, 0.2) is 21.3 Å². The third kappa shape index (κ3) is 4.70. The van der Waals surface area contributed by atoms with Crippen LogP contribution in [0.1, 0.15) is 104 Å². The Morgan fingerprint density at radius 1 is 0.778 bits per heavy atom. The maximum atomic E-state index is 14.8. The van der Waals surface area contributed by atoms with Crippen molar-refractivity contribution in [3.05, 3.63) is 39.2 Å². The molecule has 2 saturated heterocycles. The van der Waals surface area contributed by atoms with Crippen molar-refractivity contribution in [1.29, 1.82) is 0 Å². The van der Waals surface area contributed by atoms with Crippen molar-refractivity contribution in [2.75, 3.05) is 14.2 Å². The van der Waals surface area contributed by atoms with Gasteiger partial charge >= 0.3 is 37.3 Å². The van der Waals surface area contributed by atoms with Crippen LogP contribution in [0.2, 0.25) is 0 Å². The molecule has 6 atom stereocenters. The maximum absolute atomic E-state index is 14.8. The molecule has 0 spiro atoms. The lowest BCUT2D eigenvalue weighted by Gasteiger charge is -2.46. The van der Waals surface area contributed by atoms with Crippen molar-refractivity contribution >= 4 is 42.7 Å². The zero-order valence-corrected chi connectivity index (χ0v) is 33.3. The smallest absolute Gasteiger partial charge is 0.474 e. The van der Waals surface area contributed by atoms with Crippen LogP contribution in [-0.2, 0) is 62.9 Å². The number of hydrogen-bond acceptors (Lipinski definition) is 15. The van der Waals surface area contributed by atoms with Crippen molar-refractivity contribution in [2.45, 2.75) is 124 Å². The molecule has 16 heteroatoms. The predicted octanol–water partition coefficient (Wildman–Crippen LogP) is 5.93. The molecule has 1 aromatic heterocycles. The number of fused-ring (bicyclic) bond motifs is 7. The molecular weight excluding hydrogens is 727 g/mol. The molecule has 54 heavy (non-hydrogen) atoms. The third-order valence-electron chi connectivity index (χ3n) is 14.0. The van der Waals surface area contributed by atoms with Crippen molar-refractivity contribution in [3.63, 3.8) is 0 Å². The van der Waals surface area contributed by atoms with Crippen LogP contribution >= 0.6 is 7.82 Å². The molecule has 2 aliphatic carbocycles. The average molecular weight is 775 g/mol. The fourth-order valence-corrected chi connectivity index (χ4v) is 9.97. The van der Waals surface area contributed by atoms with E-state index in [1.54, 1.807) is 68.4 Å². The third-order valence-corrected chi connectivity index (χ3v) is 15.4. The van der Waals surface area contributed by atoms with E-state index in [0.717, 1.165) is 14.2 Å². The first-order valence-electron chi connectivity index (χ1n) is 18.0. The van der Waals surface area contributed by atoms with E-state index in [9.17, 15) is 28.5 Å². The number of phosphoric ester groups is 1. The first-order chi connectivity index (χ1) is 24.9. The number of phosphoric acid groups is 1. The minimum Gasteiger partial charge on any atom is -0.483 e. The number of esters is 4. The van der Waals surface area contributed by atoms with Crippen LogP contribution < -0.4 is 10.4 Å². The van der Waals surface area contributed by atoms with Crippen LogP contribution in [-0.4, -0.2) is 61.0 Å². The van der Waals surface area contributed by atoms with Gasteiger partial charge in [0.05, 0.1) is 23.0 Å². The van der Waals surface area contributed by atoms with E-state index >= 15 is 0 Å². The highest BCUT2D eigenvalue weighted by atomic mass is 31.2. The SMILES string of the molecule is COP(=O)(OC)OCc1cc2c(C)cc(=O)oc2c2c1OC(C)(C)[C@H](OC(=O)C13CCC(C)(C(=O)O1)C3(C)C)[C@@H]2OC(=O)C12CCC(C)(C(=O)O1)C2(C)C. The average Bonchev–Trinajstić information content (AvgIpc) is 3.56. The fraction of sp³-hybridized carbons (Fsp3) is 0.658. The molecule has 7 rings (SSSR count). The van der Waals surface area contributed by atoms with Crippen LogP contribution in [0.25, 0.3) is 11.0 Å². The number of aryl methyl sites for hydroxylation is 1. The van der Waals surface area contributed by atoms with E-state index in [1.807, 2.05) is 0 Å². The zero-order chi connectivity index (χ0) is 39.8. The van der Waals surface area contributed by atoms with Crippen LogP contribution in [0, 0.1) is 28.6 Å². The highest BCUT2D eigenvalue weighted by Gasteiger charge is 2.78. The number of rotatable bonds is 9. The molecule has 4 bridgehead atoms. The number of carbonyl (C=O) groups excluding carboxylic acids is 4. The van der Waals surface area contributed by atoms with Gasteiger partial charge in [0, 0.05) is 42.1 Å². The lowest BCUT2D eigenvalue weighted by Crippen LogP contribution is -2.58. The molecule has 4 unspecified atom stereocenters. The van der Waals surface area contributed by atoms with E-state index in [0.29, 0.717) is 23.8 Å². The van der Waals surface area contributed by atoms with E-state index in [-0.39, 0.29) is 35.3 Å². The van der Waals surface area contributed by atoms with E-state index in [1.165, 1.54) is 6.07 Å². The van der Waals surface area contributed by atoms with Gasteiger partial charge in [-0.3, -0.25) is 23.2 Å². The first-order valence-corrected chi connectivity index (χ1v) is 19.4. The molecule has 2 aromatic rings. The van der Waals surface area contributed by atoms with Gasteiger partial charge in [-0.05, 0) is 71.9 Å². The second-order valence-corrected chi connectivity index (χ2v) is 19.1. The summed E-state index contributed by atoms with van der Waals surface area (Å²) in [6, 6.07) is 2.89. The molecule has 0 radical (unpaired) electrons. The highest BCUT2D eigenvalue weighted by Crippen LogP contribution is 2.68. The zero-order valence-electron chi connectivity index (χ0n) is 32.4. The van der Waals surface area contributed by atoms with Gasteiger partial charge in [0.25, 0.3) is 0 Å². The minimum atomic E-state index is -4.03. The van der Waals surface area contributed by atoms with Crippen molar-refractivity contribution in [2.24, 2.45) is 21.7 Å². The molecule has 294 valence electrons. The van der Waals surface area contributed by atoms with Gasteiger partial charge in [0.1, 0.15) is 16.9 Å². The molecular formula is C38H47O15P. The quantitative estimate of drug-likeness (QED) is 0.126. The monoisotopic (exact) mass is 774 g/mol. The summed E-state index contributed by atoms with van der Waals surface area (Å²) >= 11 is 0. The van der Waals surface area contributed by atoms with Gasteiger partial charge in [-0.2, -0.15) is 0 Å². The van der Waals surface area contributed by atoms with Gasteiger partial charge in [0.2, 0.25) is 11.2 Å². The van der Waals surface area contributed by atoms with Crippen LogP contribution in [0.4, 0.5) is 0 Å². The number of benzene rings is 1. The molecule has 0 amide bonds. The largest absolute Gasteiger partial charge is 0.483 e. The predicted molar refractivity (Wildman–Crippen MR) is 187 cm³/mol. The molecule has 15 nitrogen and oxygen atoms in total. The van der Waals surface area contributed by atoms with E-state index < -0.39 is 94.6 Å². The van der Waals surface area contributed by atoms with Gasteiger partial charge < -0.3 is 28.1 Å². The Balaban J connectivity index is 1.42. The summed E-state index contributed by atoms with van der Waals surface area (Å²) in [4.78, 5) is 68.8. The molecule has 4 heterocycles. The Hall–Kier alpha value is -3.78. The second-order valence-electron chi connectivity index (χ2n) is 17.2. The molecule has 1 aromatic carbocycles. The van der Waals surface area contributed by atoms with Gasteiger partial charge in [0.15, 0.2) is 12.2 Å². The summed E-state index contributed by atoms with van der Waals surface area (Å²) in [5.41, 5.74) is -8.81. The Morgan fingerprint density at radius 2 is 1.30 bits per heavy atom. The Bertz CT molecular complexity index is 2130. The lowest BCUT2D eigenvalue weighted by atomic mass is 9.66. The van der Waals surface area contributed by atoms with Crippen LogP contribution in [0.5, 0.6) is 5.75 Å². The molecule has 3 aliphatic heterocycles. The summed E-state index contributed by atoms with van der Waals surface area (Å²) in [7, 11) is -1.71. The summed E-state index contributed by atoms with van der Waals surface area (Å²) in [5.74, 6) is -2.79. The van der Waals surface area contributed by atoms with Gasteiger partial charge in [-0.25, -0.2) is 18.9 Å². The molecule has 2 saturated carbocycles. The van der Waals surface area contributed by atoms with Crippen molar-refractivity contribution in [3.8, 4) is 5.75 Å². The first kappa shape index (κ1) is 38.5. The number of ether oxygens (including phenoxy) is 5. The van der Waals surface area contributed by atoms with Crippen molar-refractivity contribution < 1.29 is 65.4 Å². The minimum absolute atomic E-state index is 0.0118. The van der Waals surface area contributed by atoms with E-state index in [2.05, 4.69) is 0 Å². The topological polar surface area (TPSA) is 189 Å². The Kier molecular flexibility index (Phi) is 8.29. The highest BCUT2D eigenvalue weighted by molar-refractivity contribution is 7.48. The molecule has 4 fully saturated rings. The number of hydrogen-bond donors (Lipinski definition) is 0. The summed E-state index contributed by atoms with van der Waals surface area (Å²) in [5, 5.41) is 0.376. The van der Waals surface area contributed by atoms with E-state index in [4.69, 9.17) is 41.7 Å².